The van der Waals surface area contributed by atoms with Gasteiger partial charge < -0.3 is 10.1 Å². The third-order valence-electron chi connectivity index (χ3n) is 3.85. The first-order valence-electron chi connectivity index (χ1n) is 6.46. The number of nitrogens with zero attached hydrogens (tertiary/aromatic N) is 2. The van der Waals surface area contributed by atoms with Crippen LogP contribution in [0.25, 0.3) is 0 Å². The van der Waals surface area contributed by atoms with Crippen LogP contribution in [0.15, 0.2) is 12.4 Å². The first kappa shape index (κ1) is 12.6. The summed E-state index contributed by atoms with van der Waals surface area (Å²) in [4.78, 5) is 0. The maximum absolute atomic E-state index is 5.71. The molecule has 1 atom stereocenters. The number of ether oxygens (including phenoxy) is 1. The smallest absolute Gasteiger partial charge is 0.0697 e. The highest BCUT2D eigenvalue weighted by Crippen LogP contribution is 2.41. The van der Waals surface area contributed by atoms with E-state index < -0.39 is 0 Å². The summed E-state index contributed by atoms with van der Waals surface area (Å²) in [7, 11) is 3.80. The molecule has 1 unspecified atom stereocenters. The van der Waals surface area contributed by atoms with Gasteiger partial charge in [-0.25, -0.2) is 0 Å². The fourth-order valence-electron chi connectivity index (χ4n) is 2.61. The van der Waals surface area contributed by atoms with Gasteiger partial charge in [-0.15, -0.1) is 0 Å². The summed E-state index contributed by atoms with van der Waals surface area (Å²) in [6.45, 7) is 3.11. The van der Waals surface area contributed by atoms with Crippen LogP contribution in [-0.2, 0) is 11.8 Å². The van der Waals surface area contributed by atoms with E-state index in [1.54, 1.807) is 0 Å². The second kappa shape index (κ2) is 5.19. The molecule has 0 bridgehead atoms. The Labute approximate surface area is 103 Å². The van der Waals surface area contributed by atoms with E-state index in [0.717, 1.165) is 13.0 Å². The Morgan fingerprint density at radius 1 is 1.59 bits per heavy atom. The molecule has 0 aromatic carbocycles. The zero-order chi connectivity index (χ0) is 12.3. The van der Waals surface area contributed by atoms with Gasteiger partial charge in [-0.1, -0.05) is 6.92 Å². The van der Waals surface area contributed by atoms with Crippen molar-refractivity contribution in [1.82, 2.24) is 15.1 Å². The normalized spacial score (nSPS) is 19.9. The number of rotatable bonds is 6. The predicted octanol–water partition coefficient (Wildman–Crippen LogP) is 2.03. The second-order valence-corrected chi connectivity index (χ2v) is 5.00. The van der Waals surface area contributed by atoms with Crippen molar-refractivity contribution >= 4 is 0 Å². The Morgan fingerprint density at radius 3 is 2.76 bits per heavy atom. The molecule has 1 N–H and O–H groups in total. The lowest BCUT2D eigenvalue weighted by molar-refractivity contribution is -0.0837. The zero-order valence-electron chi connectivity index (χ0n) is 11.1. The van der Waals surface area contributed by atoms with Crippen molar-refractivity contribution in [3.8, 4) is 0 Å². The summed E-state index contributed by atoms with van der Waals surface area (Å²) in [5.41, 5.74) is 1.36. The van der Waals surface area contributed by atoms with E-state index in [1.807, 2.05) is 25.0 Å². The van der Waals surface area contributed by atoms with E-state index in [4.69, 9.17) is 4.74 Å². The largest absolute Gasteiger partial charge is 0.378 e. The van der Waals surface area contributed by atoms with E-state index >= 15 is 0 Å². The van der Waals surface area contributed by atoms with Crippen LogP contribution in [0.1, 0.15) is 44.2 Å². The van der Waals surface area contributed by atoms with Gasteiger partial charge in [-0.3, -0.25) is 4.68 Å². The van der Waals surface area contributed by atoms with Crippen molar-refractivity contribution < 1.29 is 4.74 Å². The second-order valence-electron chi connectivity index (χ2n) is 5.00. The van der Waals surface area contributed by atoms with Crippen molar-refractivity contribution in [2.24, 2.45) is 7.05 Å². The van der Waals surface area contributed by atoms with Crippen LogP contribution in [-0.4, -0.2) is 29.0 Å². The Hall–Kier alpha value is -0.870. The average molecular weight is 237 g/mol. The number of hydrogen-bond donors (Lipinski definition) is 1. The molecule has 1 fully saturated rings. The van der Waals surface area contributed by atoms with E-state index in [0.29, 0.717) is 6.04 Å². The molecule has 0 aliphatic heterocycles. The summed E-state index contributed by atoms with van der Waals surface area (Å²) in [5.74, 6) is 0. The van der Waals surface area contributed by atoms with Crippen LogP contribution in [0.3, 0.4) is 0 Å². The summed E-state index contributed by atoms with van der Waals surface area (Å²) in [6.07, 6.45) is 8.75. The van der Waals surface area contributed by atoms with Crippen LogP contribution < -0.4 is 5.32 Å². The molecule has 4 nitrogen and oxygen atoms in total. The van der Waals surface area contributed by atoms with Crippen LogP contribution in [0, 0.1) is 0 Å². The molecular weight excluding hydrogens is 214 g/mol. The molecule has 4 heteroatoms. The minimum Gasteiger partial charge on any atom is -0.378 e. The number of aromatic nitrogens is 2. The lowest BCUT2D eigenvalue weighted by Gasteiger charge is -2.42. The third kappa shape index (κ3) is 2.69. The minimum absolute atomic E-state index is 0.0999. The van der Waals surface area contributed by atoms with Crippen molar-refractivity contribution in [3.05, 3.63) is 18.0 Å². The van der Waals surface area contributed by atoms with Crippen LogP contribution in [0.2, 0.25) is 0 Å². The van der Waals surface area contributed by atoms with Crippen molar-refractivity contribution in [3.63, 3.8) is 0 Å². The number of methoxy groups -OCH3 is 1. The number of aryl methyl sites for hydroxylation is 1. The Morgan fingerprint density at radius 2 is 2.35 bits per heavy atom. The molecular formula is C13H23N3O. The van der Waals surface area contributed by atoms with Crippen molar-refractivity contribution in [1.29, 1.82) is 0 Å². The topological polar surface area (TPSA) is 39.1 Å². The molecule has 1 saturated carbocycles. The first-order chi connectivity index (χ1) is 8.19. The monoisotopic (exact) mass is 237 g/mol. The standard InChI is InChI=1S/C13H23N3O/c1-4-14-12(11-9-15-16(2)10-11)8-13(17-3)6-5-7-13/h9-10,12,14H,4-8H2,1-3H3. The van der Waals surface area contributed by atoms with Gasteiger partial charge in [0.05, 0.1) is 11.8 Å². The first-order valence-corrected chi connectivity index (χ1v) is 6.46. The fraction of sp³-hybridized carbons (Fsp3) is 0.769. The van der Waals surface area contributed by atoms with Gasteiger partial charge >= 0.3 is 0 Å². The molecule has 0 saturated heterocycles. The highest BCUT2D eigenvalue weighted by atomic mass is 16.5. The Bertz CT molecular complexity index is 352. The molecule has 17 heavy (non-hydrogen) atoms. The quantitative estimate of drug-likeness (QED) is 0.823. The van der Waals surface area contributed by atoms with Gasteiger partial charge in [-0.05, 0) is 32.2 Å². The molecule has 1 aromatic heterocycles. The van der Waals surface area contributed by atoms with Gasteiger partial charge in [0.25, 0.3) is 0 Å². The summed E-state index contributed by atoms with van der Waals surface area (Å²) in [5, 5.41) is 7.79. The minimum atomic E-state index is 0.0999. The van der Waals surface area contributed by atoms with E-state index in [-0.39, 0.29) is 5.60 Å². The predicted molar refractivity (Wildman–Crippen MR) is 67.8 cm³/mol. The fourth-order valence-corrected chi connectivity index (χ4v) is 2.61. The SMILES string of the molecule is CCNC(CC1(OC)CCC1)c1cnn(C)c1. The summed E-state index contributed by atoms with van der Waals surface area (Å²) >= 11 is 0. The molecule has 1 aliphatic rings. The lowest BCUT2D eigenvalue weighted by atomic mass is 9.75. The van der Waals surface area contributed by atoms with Crippen molar-refractivity contribution in [2.75, 3.05) is 13.7 Å². The van der Waals surface area contributed by atoms with Gasteiger partial charge in [0.2, 0.25) is 0 Å². The Balaban J connectivity index is 2.06. The lowest BCUT2D eigenvalue weighted by Crippen LogP contribution is -2.42. The third-order valence-corrected chi connectivity index (χ3v) is 3.85. The molecule has 96 valence electrons. The highest BCUT2D eigenvalue weighted by Gasteiger charge is 2.39. The molecule has 0 spiro atoms. The van der Waals surface area contributed by atoms with Gasteiger partial charge in [0.1, 0.15) is 0 Å². The van der Waals surface area contributed by atoms with E-state index in [9.17, 15) is 0 Å². The van der Waals surface area contributed by atoms with Gasteiger partial charge in [-0.2, -0.15) is 5.10 Å². The number of hydrogen-bond acceptors (Lipinski definition) is 3. The van der Waals surface area contributed by atoms with E-state index in [2.05, 4.69) is 23.5 Å². The maximum Gasteiger partial charge on any atom is 0.0697 e. The zero-order valence-corrected chi connectivity index (χ0v) is 11.1. The number of nitrogens with one attached hydrogen (secondary N) is 1. The molecule has 1 aromatic rings. The summed E-state index contributed by atoms with van der Waals surface area (Å²) in [6, 6.07) is 0.356. The highest BCUT2D eigenvalue weighted by molar-refractivity contribution is 5.12. The van der Waals surface area contributed by atoms with E-state index in [1.165, 1.54) is 24.8 Å². The van der Waals surface area contributed by atoms with Gasteiger partial charge in [0.15, 0.2) is 0 Å². The van der Waals surface area contributed by atoms with Crippen LogP contribution in [0.5, 0.6) is 0 Å². The Kier molecular flexibility index (Phi) is 3.84. The van der Waals surface area contributed by atoms with Crippen LogP contribution >= 0.6 is 0 Å². The molecule has 0 radical (unpaired) electrons. The molecule has 1 aliphatic carbocycles. The molecule has 0 amide bonds. The van der Waals surface area contributed by atoms with Crippen LogP contribution in [0.4, 0.5) is 0 Å². The average Bonchev–Trinajstić information content (AvgIpc) is 2.69. The molecule has 1 heterocycles. The van der Waals surface area contributed by atoms with Crippen molar-refractivity contribution in [2.45, 2.75) is 44.2 Å². The maximum atomic E-state index is 5.71. The molecule has 2 rings (SSSR count). The summed E-state index contributed by atoms with van der Waals surface area (Å²) < 4.78 is 7.57. The van der Waals surface area contributed by atoms with Gasteiger partial charge in [0, 0.05) is 32.0 Å².